The Hall–Kier alpha value is -3.07. The average Bonchev–Trinajstić information content (AvgIpc) is 2.60. The first kappa shape index (κ1) is 20.2. The lowest BCUT2D eigenvalue weighted by Crippen LogP contribution is -2.38. The molecule has 0 saturated carbocycles. The third-order valence-electron chi connectivity index (χ3n) is 3.41. The summed E-state index contributed by atoms with van der Waals surface area (Å²) < 4.78 is 26.7. The van der Waals surface area contributed by atoms with Crippen molar-refractivity contribution in [2.45, 2.75) is 13.5 Å². The summed E-state index contributed by atoms with van der Waals surface area (Å²) in [4.78, 5) is 22.8. The minimum atomic E-state index is -3.65. The molecule has 0 fully saturated rings. The molecule has 27 heavy (non-hydrogen) atoms. The van der Waals surface area contributed by atoms with Gasteiger partial charge in [0, 0.05) is 25.7 Å². The molecule has 0 aliphatic heterocycles. The second kappa shape index (κ2) is 9.58. The number of sulfonamides is 1. The molecular formula is C18H22N4O4S. The number of nitrogens with one attached hydrogen (secondary N) is 4. The van der Waals surface area contributed by atoms with Gasteiger partial charge >= 0.3 is 6.03 Å². The zero-order valence-corrected chi connectivity index (χ0v) is 15.7. The number of carbonyl (C=O) groups excluding carboxylic acids is 2. The van der Waals surface area contributed by atoms with Crippen LogP contribution >= 0.6 is 0 Å². The van der Waals surface area contributed by atoms with Crippen molar-refractivity contribution in [2.75, 3.05) is 22.3 Å². The number of hydrogen-bond donors (Lipinski definition) is 4. The Kier molecular flexibility index (Phi) is 7.18. The first-order valence-electron chi connectivity index (χ1n) is 8.28. The lowest BCUT2D eigenvalue weighted by atomic mass is 10.2. The summed E-state index contributed by atoms with van der Waals surface area (Å²) in [5.41, 5.74) is 1.76. The van der Waals surface area contributed by atoms with Crippen LogP contribution in [0.15, 0.2) is 54.6 Å². The van der Waals surface area contributed by atoms with E-state index in [0.717, 1.165) is 5.56 Å². The molecule has 0 aromatic heterocycles. The van der Waals surface area contributed by atoms with Gasteiger partial charge in [-0.15, -0.1) is 0 Å². The number of amides is 3. The minimum absolute atomic E-state index is 0.0403. The van der Waals surface area contributed by atoms with Crippen molar-refractivity contribution in [1.82, 2.24) is 10.6 Å². The first-order chi connectivity index (χ1) is 12.8. The smallest absolute Gasteiger partial charge is 0.315 e. The van der Waals surface area contributed by atoms with E-state index in [0.29, 0.717) is 17.9 Å². The summed E-state index contributed by atoms with van der Waals surface area (Å²) >= 11 is 0. The molecule has 0 heterocycles. The van der Waals surface area contributed by atoms with E-state index in [4.69, 9.17) is 0 Å². The number of hydrogen-bond acceptors (Lipinski definition) is 4. The molecule has 3 amide bonds. The van der Waals surface area contributed by atoms with Gasteiger partial charge in [-0.1, -0.05) is 36.4 Å². The number of benzene rings is 2. The zero-order chi connectivity index (χ0) is 19.7. The van der Waals surface area contributed by atoms with Gasteiger partial charge in [0.2, 0.25) is 15.9 Å². The van der Waals surface area contributed by atoms with Crippen LogP contribution in [0.2, 0.25) is 0 Å². The monoisotopic (exact) mass is 390 g/mol. The highest BCUT2D eigenvalue weighted by Gasteiger charge is 2.11. The predicted octanol–water partition coefficient (Wildman–Crippen LogP) is 1.89. The van der Waals surface area contributed by atoms with Gasteiger partial charge in [-0.3, -0.25) is 9.52 Å². The van der Waals surface area contributed by atoms with Crippen LogP contribution in [-0.2, 0) is 21.4 Å². The van der Waals surface area contributed by atoms with Crippen LogP contribution in [0.1, 0.15) is 12.5 Å². The van der Waals surface area contributed by atoms with E-state index in [1.54, 1.807) is 18.2 Å². The lowest BCUT2D eigenvalue weighted by Gasteiger charge is -2.11. The highest BCUT2D eigenvalue weighted by atomic mass is 32.2. The highest BCUT2D eigenvalue weighted by Crippen LogP contribution is 2.16. The van der Waals surface area contributed by atoms with E-state index in [9.17, 15) is 18.0 Å². The molecule has 0 aliphatic carbocycles. The second-order valence-corrected chi connectivity index (χ2v) is 7.62. The number of anilines is 2. The molecule has 2 aromatic carbocycles. The molecule has 0 atom stereocenters. The fourth-order valence-corrected chi connectivity index (χ4v) is 3.19. The van der Waals surface area contributed by atoms with E-state index < -0.39 is 16.1 Å². The van der Waals surface area contributed by atoms with Crippen LogP contribution in [0.3, 0.4) is 0 Å². The molecule has 144 valence electrons. The van der Waals surface area contributed by atoms with Crippen molar-refractivity contribution in [3.05, 3.63) is 60.2 Å². The van der Waals surface area contributed by atoms with Crippen molar-refractivity contribution >= 4 is 33.3 Å². The number of carbonyl (C=O) groups is 2. The van der Waals surface area contributed by atoms with Crippen molar-refractivity contribution in [3.63, 3.8) is 0 Å². The van der Waals surface area contributed by atoms with Crippen LogP contribution in [0, 0.1) is 0 Å². The Morgan fingerprint density at radius 1 is 0.926 bits per heavy atom. The SMILES string of the molecule is CC(=O)Nc1cccc(NS(=O)(=O)CCNC(=O)NCc2ccccc2)c1. The van der Waals surface area contributed by atoms with Gasteiger partial charge in [0.15, 0.2) is 0 Å². The van der Waals surface area contributed by atoms with E-state index >= 15 is 0 Å². The molecule has 8 nitrogen and oxygen atoms in total. The molecule has 0 aliphatic rings. The van der Waals surface area contributed by atoms with E-state index in [1.807, 2.05) is 30.3 Å². The van der Waals surface area contributed by atoms with Crippen molar-refractivity contribution in [2.24, 2.45) is 0 Å². The molecule has 0 bridgehead atoms. The molecule has 2 aromatic rings. The van der Waals surface area contributed by atoms with Crippen molar-refractivity contribution < 1.29 is 18.0 Å². The van der Waals surface area contributed by atoms with E-state index in [1.165, 1.54) is 13.0 Å². The van der Waals surface area contributed by atoms with Gasteiger partial charge in [0.05, 0.1) is 11.4 Å². The largest absolute Gasteiger partial charge is 0.337 e. The summed E-state index contributed by atoms with van der Waals surface area (Å²) in [7, 11) is -3.65. The molecule has 0 spiro atoms. The summed E-state index contributed by atoms with van der Waals surface area (Å²) in [5, 5.41) is 7.74. The Morgan fingerprint density at radius 3 is 2.33 bits per heavy atom. The molecule has 2 rings (SSSR count). The quantitative estimate of drug-likeness (QED) is 0.551. The van der Waals surface area contributed by atoms with Gasteiger partial charge in [-0.2, -0.15) is 0 Å². The highest BCUT2D eigenvalue weighted by molar-refractivity contribution is 7.92. The minimum Gasteiger partial charge on any atom is -0.337 e. The van der Waals surface area contributed by atoms with Gasteiger partial charge in [0.25, 0.3) is 0 Å². The topological polar surface area (TPSA) is 116 Å². The summed E-state index contributed by atoms with van der Waals surface area (Å²) in [6.07, 6.45) is 0. The Morgan fingerprint density at radius 2 is 1.63 bits per heavy atom. The zero-order valence-electron chi connectivity index (χ0n) is 14.9. The summed E-state index contributed by atoms with van der Waals surface area (Å²) in [6, 6.07) is 15.3. The Labute approximate surface area is 158 Å². The average molecular weight is 390 g/mol. The standard InChI is InChI=1S/C18H22N4O4S/c1-14(23)21-16-8-5-9-17(12-16)22-27(25,26)11-10-19-18(24)20-13-15-6-3-2-4-7-15/h2-9,12,22H,10-11,13H2,1H3,(H,21,23)(H2,19,20,24). The van der Waals surface area contributed by atoms with Crippen LogP contribution in [-0.4, -0.2) is 32.7 Å². The predicted molar refractivity (Wildman–Crippen MR) is 105 cm³/mol. The summed E-state index contributed by atoms with van der Waals surface area (Å²) in [5.74, 6) is -0.531. The van der Waals surface area contributed by atoms with Crippen LogP contribution in [0.5, 0.6) is 0 Å². The first-order valence-corrected chi connectivity index (χ1v) is 9.93. The molecule has 0 unspecified atom stereocenters. The van der Waals surface area contributed by atoms with Crippen LogP contribution in [0.4, 0.5) is 16.2 Å². The second-order valence-electron chi connectivity index (χ2n) is 5.78. The lowest BCUT2D eigenvalue weighted by molar-refractivity contribution is -0.114. The fraction of sp³-hybridized carbons (Fsp3) is 0.222. The third kappa shape index (κ3) is 7.78. The number of urea groups is 1. The molecule has 4 N–H and O–H groups in total. The van der Waals surface area contributed by atoms with Gasteiger partial charge in [0.1, 0.15) is 0 Å². The van der Waals surface area contributed by atoms with Gasteiger partial charge in [-0.05, 0) is 23.8 Å². The Balaban J connectivity index is 1.77. The molecule has 9 heteroatoms. The van der Waals surface area contributed by atoms with Crippen molar-refractivity contribution in [3.8, 4) is 0 Å². The molecule has 0 saturated heterocycles. The normalized spacial score (nSPS) is 10.7. The third-order valence-corrected chi connectivity index (χ3v) is 4.70. The Bertz CT molecular complexity index is 885. The number of rotatable bonds is 8. The van der Waals surface area contributed by atoms with Gasteiger partial charge < -0.3 is 16.0 Å². The summed E-state index contributed by atoms with van der Waals surface area (Å²) in [6.45, 7) is 1.68. The van der Waals surface area contributed by atoms with E-state index in [-0.39, 0.29) is 18.2 Å². The van der Waals surface area contributed by atoms with E-state index in [2.05, 4.69) is 20.7 Å². The maximum absolute atomic E-state index is 12.1. The fourth-order valence-electron chi connectivity index (χ4n) is 2.23. The maximum atomic E-state index is 12.1. The molecule has 0 radical (unpaired) electrons. The van der Waals surface area contributed by atoms with Gasteiger partial charge in [-0.25, -0.2) is 13.2 Å². The van der Waals surface area contributed by atoms with Crippen LogP contribution in [0.25, 0.3) is 0 Å². The van der Waals surface area contributed by atoms with Crippen LogP contribution < -0.4 is 20.7 Å². The molecular weight excluding hydrogens is 368 g/mol. The maximum Gasteiger partial charge on any atom is 0.315 e. The van der Waals surface area contributed by atoms with Crippen molar-refractivity contribution in [1.29, 1.82) is 0 Å².